The molecule has 0 aliphatic rings. The molecular weight excluding hydrogens is 334 g/mol. The van der Waals surface area contributed by atoms with E-state index in [4.69, 9.17) is 0 Å². The van der Waals surface area contributed by atoms with Crippen LogP contribution in [0.4, 0.5) is 0 Å². The highest BCUT2D eigenvalue weighted by Gasteiger charge is 2.16. The first kappa shape index (κ1) is 17.4. The molecule has 2 heterocycles. The number of aromatic nitrogens is 2. The fraction of sp³-hybridized carbons (Fsp3) is 0.533. The number of rotatable bonds is 7. The predicted octanol–water partition coefficient (Wildman–Crippen LogP) is 3.87. The van der Waals surface area contributed by atoms with Crippen LogP contribution in [-0.2, 0) is 12.2 Å². The highest BCUT2D eigenvalue weighted by Crippen LogP contribution is 2.24. The largest absolute Gasteiger partial charge is 0.351 e. The summed E-state index contributed by atoms with van der Waals surface area (Å²) in [4.78, 5) is 22.0. The van der Waals surface area contributed by atoms with E-state index in [0.717, 1.165) is 38.5 Å². The molecule has 2 aromatic rings. The lowest BCUT2D eigenvalue weighted by molar-refractivity contribution is 0.0957. The fourth-order valence-corrected chi connectivity index (χ4v) is 4.45. The van der Waals surface area contributed by atoms with E-state index in [-0.39, 0.29) is 5.91 Å². The standard InChI is InChI=1S/C15H21N3OS3/c1-9(2)15-17-10(3)13(22-15)14(19)16-6-5-11-7-21-12(18-11)8-20-4/h7,9H,5-6,8H2,1-4H3,(H,16,19). The lowest BCUT2D eigenvalue weighted by atomic mass is 10.2. The third-order valence-electron chi connectivity index (χ3n) is 3.05. The van der Waals surface area contributed by atoms with Gasteiger partial charge in [-0.3, -0.25) is 4.79 Å². The van der Waals surface area contributed by atoms with Crippen molar-refractivity contribution in [2.75, 3.05) is 12.8 Å². The molecule has 22 heavy (non-hydrogen) atoms. The van der Waals surface area contributed by atoms with Crippen molar-refractivity contribution in [1.29, 1.82) is 0 Å². The van der Waals surface area contributed by atoms with Crippen molar-refractivity contribution < 1.29 is 4.79 Å². The van der Waals surface area contributed by atoms with Crippen LogP contribution in [0.3, 0.4) is 0 Å². The number of aryl methyl sites for hydroxylation is 1. The number of hydrogen-bond donors (Lipinski definition) is 1. The van der Waals surface area contributed by atoms with Crippen LogP contribution in [0.2, 0.25) is 0 Å². The zero-order valence-corrected chi connectivity index (χ0v) is 15.8. The summed E-state index contributed by atoms with van der Waals surface area (Å²) in [6.07, 6.45) is 2.84. The summed E-state index contributed by atoms with van der Waals surface area (Å²) in [5, 5.41) is 7.21. The predicted molar refractivity (Wildman–Crippen MR) is 96.3 cm³/mol. The molecule has 0 aliphatic heterocycles. The van der Waals surface area contributed by atoms with Gasteiger partial charge in [0.25, 0.3) is 5.91 Å². The van der Waals surface area contributed by atoms with Crippen LogP contribution in [-0.4, -0.2) is 28.7 Å². The molecular formula is C15H21N3OS3. The van der Waals surface area contributed by atoms with E-state index in [1.165, 1.54) is 11.3 Å². The molecule has 4 nitrogen and oxygen atoms in total. The van der Waals surface area contributed by atoms with E-state index >= 15 is 0 Å². The van der Waals surface area contributed by atoms with Crippen molar-refractivity contribution in [1.82, 2.24) is 15.3 Å². The molecule has 0 radical (unpaired) electrons. The van der Waals surface area contributed by atoms with Crippen LogP contribution >= 0.6 is 34.4 Å². The quantitative estimate of drug-likeness (QED) is 0.819. The van der Waals surface area contributed by atoms with E-state index in [0.29, 0.717) is 12.5 Å². The maximum Gasteiger partial charge on any atom is 0.263 e. The minimum Gasteiger partial charge on any atom is -0.351 e. The molecule has 0 atom stereocenters. The van der Waals surface area contributed by atoms with Crippen LogP contribution in [0.1, 0.15) is 50.8 Å². The Bertz CT molecular complexity index is 634. The molecule has 0 fully saturated rings. The van der Waals surface area contributed by atoms with E-state index in [9.17, 15) is 4.79 Å². The van der Waals surface area contributed by atoms with Gasteiger partial charge in [0.05, 0.1) is 16.4 Å². The maximum absolute atomic E-state index is 12.2. The van der Waals surface area contributed by atoms with Crippen molar-refractivity contribution in [2.24, 2.45) is 0 Å². The summed E-state index contributed by atoms with van der Waals surface area (Å²) in [6.45, 7) is 6.69. The summed E-state index contributed by atoms with van der Waals surface area (Å²) in [6, 6.07) is 0. The van der Waals surface area contributed by atoms with Gasteiger partial charge >= 0.3 is 0 Å². The molecule has 0 spiro atoms. The molecule has 2 rings (SSSR count). The summed E-state index contributed by atoms with van der Waals surface area (Å²) in [5.41, 5.74) is 1.88. The first-order valence-corrected chi connectivity index (χ1v) is 10.3. The number of carbonyl (C=O) groups excluding carboxylic acids is 1. The summed E-state index contributed by atoms with van der Waals surface area (Å²) < 4.78 is 0. The molecule has 0 aromatic carbocycles. The Hall–Kier alpha value is -0.920. The smallest absolute Gasteiger partial charge is 0.263 e. The Labute approximate surface area is 143 Å². The molecule has 7 heteroatoms. The van der Waals surface area contributed by atoms with Crippen LogP contribution in [0, 0.1) is 6.92 Å². The maximum atomic E-state index is 12.2. The molecule has 1 amide bonds. The zero-order valence-electron chi connectivity index (χ0n) is 13.3. The van der Waals surface area contributed by atoms with Crippen molar-refractivity contribution in [3.8, 4) is 0 Å². The molecule has 0 saturated carbocycles. The Kier molecular flexibility index (Phi) is 6.40. The van der Waals surface area contributed by atoms with E-state index in [1.807, 2.05) is 6.92 Å². The Balaban J connectivity index is 1.87. The molecule has 2 aromatic heterocycles. The second-order valence-electron chi connectivity index (χ2n) is 5.29. The number of nitrogens with one attached hydrogen (secondary N) is 1. The number of thiazole rings is 2. The van der Waals surface area contributed by atoms with Crippen LogP contribution in [0.5, 0.6) is 0 Å². The summed E-state index contributed by atoms with van der Waals surface area (Å²) in [5.74, 6) is 1.28. The van der Waals surface area contributed by atoms with Crippen LogP contribution in [0.15, 0.2) is 5.38 Å². The number of carbonyl (C=O) groups is 1. The minimum atomic E-state index is -0.0264. The topological polar surface area (TPSA) is 54.9 Å². The molecule has 0 saturated heterocycles. The van der Waals surface area contributed by atoms with E-state index in [2.05, 4.69) is 40.8 Å². The average Bonchev–Trinajstić information content (AvgIpc) is 3.06. The van der Waals surface area contributed by atoms with Gasteiger partial charge in [-0.15, -0.1) is 22.7 Å². The van der Waals surface area contributed by atoms with Crippen molar-refractivity contribution in [3.63, 3.8) is 0 Å². The third kappa shape index (κ3) is 4.54. The van der Waals surface area contributed by atoms with Gasteiger partial charge in [0, 0.05) is 30.0 Å². The third-order valence-corrected chi connectivity index (χ3v) is 6.15. The first-order valence-electron chi connectivity index (χ1n) is 7.19. The number of hydrogen-bond acceptors (Lipinski definition) is 6. The normalized spacial score (nSPS) is 11.1. The van der Waals surface area contributed by atoms with Gasteiger partial charge in [0.1, 0.15) is 9.88 Å². The fourth-order valence-electron chi connectivity index (χ4n) is 1.91. The molecule has 0 aliphatic carbocycles. The van der Waals surface area contributed by atoms with Gasteiger partial charge < -0.3 is 5.32 Å². The van der Waals surface area contributed by atoms with Crippen LogP contribution in [0.25, 0.3) is 0 Å². The summed E-state index contributed by atoms with van der Waals surface area (Å²) in [7, 11) is 0. The lowest BCUT2D eigenvalue weighted by Gasteiger charge is -2.02. The highest BCUT2D eigenvalue weighted by molar-refractivity contribution is 7.97. The molecule has 0 bridgehead atoms. The lowest BCUT2D eigenvalue weighted by Crippen LogP contribution is -2.25. The second-order valence-corrected chi connectivity index (χ2v) is 8.13. The van der Waals surface area contributed by atoms with Gasteiger partial charge in [0.2, 0.25) is 0 Å². The van der Waals surface area contributed by atoms with E-state index < -0.39 is 0 Å². The first-order chi connectivity index (χ1) is 10.5. The van der Waals surface area contributed by atoms with E-state index in [1.54, 1.807) is 23.1 Å². The van der Waals surface area contributed by atoms with Gasteiger partial charge in [-0.1, -0.05) is 13.8 Å². The van der Waals surface area contributed by atoms with Gasteiger partial charge in [-0.05, 0) is 13.2 Å². The van der Waals surface area contributed by atoms with Crippen molar-refractivity contribution >= 4 is 40.3 Å². The number of nitrogens with zero attached hydrogens (tertiary/aromatic N) is 2. The molecule has 120 valence electrons. The van der Waals surface area contributed by atoms with Gasteiger partial charge in [-0.2, -0.15) is 11.8 Å². The Morgan fingerprint density at radius 1 is 1.41 bits per heavy atom. The SMILES string of the molecule is CSCc1nc(CCNC(=O)c2sc(C(C)C)nc2C)cs1. The summed E-state index contributed by atoms with van der Waals surface area (Å²) >= 11 is 4.95. The number of thioether (sulfide) groups is 1. The monoisotopic (exact) mass is 355 g/mol. The minimum absolute atomic E-state index is 0.0264. The number of amides is 1. The molecule has 1 N–H and O–H groups in total. The van der Waals surface area contributed by atoms with Crippen molar-refractivity contribution in [2.45, 2.75) is 38.9 Å². The Morgan fingerprint density at radius 2 is 2.18 bits per heavy atom. The molecule has 0 unspecified atom stereocenters. The average molecular weight is 356 g/mol. The second kappa shape index (κ2) is 8.08. The van der Waals surface area contributed by atoms with Gasteiger partial charge in [-0.25, -0.2) is 9.97 Å². The van der Waals surface area contributed by atoms with Gasteiger partial charge in [0.15, 0.2) is 0 Å². The van der Waals surface area contributed by atoms with Crippen molar-refractivity contribution in [3.05, 3.63) is 31.7 Å². The zero-order chi connectivity index (χ0) is 16.1. The van der Waals surface area contributed by atoms with Crippen LogP contribution < -0.4 is 5.32 Å². The Morgan fingerprint density at radius 3 is 2.82 bits per heavy atom. The highest BCUT2D eigenvalue weighted by atomic mass is 32.2.